The van der Waals surface area contributed by atoms with Gasteiger partial charge >= 0.3 is 0 Å². The van der Waals surface area contributed by atoms with Crippen LogP contribution in [0.15, 0.2) is 35.7 Å². The van der Waals surface area contributed by atoms with E-state index in [1.807, 2.05) is 11.3 Å². The number of hydrogen-bond donors (Lipinski definition) is 1. The molecule has 2 heteroatoms. The first-order valence-electron chi connectivity index (χ1n) is 5.55. The minimum absolute atomic E-state index is 0.942. The smallest absolute Gasteiger partial charge is 0.0305 e. The van der Waals surface area contributed by atoms with Gasteiger partial charge < -0.3 is 5.32 Å². The summed E-state index contributed by atoms with van der Waals surface area (Å²) in [7, 11) is 0. The van der Waals surface area contributed by atoms with Crippen molar-refractivity contribution in [3.8, 4) is 0 Å². The highest BCUT2D eigenvalue weighted by Crippen LogP contribution is 2.15. The summed E-state index contributed by atoms with van der Waals surface area (Å²) in [6.07, 6.45) is 0. The highest BCUT2D eigenvalue weighted by atomic mass is 32.1. The monoisotopic (exact) mass is 231 g/mol. The molecule has 1 aromatic carbocycles. The van der Waals surface area contributed by atoms with Crippen LogP contribution in [0.2, 0.25) is 0 Å². The van der Waals surface area contributed by atoms with Gasteiger partial charge in [-0.3, -0.25) is 0 Å². The van der Waals surface area contributed by atoms with Crippen LogP contribution < -0.4 is 5.32 Å². The van der Waals surface area contributed by atoms with E-state index in [2.05, 4.69) is 54.9 Å². The Hall–Kier alpha value is -1.12. The predicted molar refractivity (Wildman–Crippen MR) is 70.8 cm³/mol. The summed E-state index contributed by atoms with van der Waals surface area (Å²) in [5.41, 5.74) is 4.05. The van der Waals surface area contributed by atoms with E-state index >= 15 is 0 Å². The Morgan fingerprint density at radius 1 is 1.00 bits per heavy atom. The van der Waals surface area contributed by atoms with Crippen LogP contribution >= 0.6 is 11.3 Å². The average Bonchev–Trinajstić information content (AvgIpc) is 2.68. The maximum absolute atomic E-state index is 3.47. The van der Waals surface area contributed by atoms with E-state index in [1.54, 1.807) is 0 Å². The zero-order valence-corrected chi connectivity index (χ0v) is 10.6. The van der Waals surface area contributed by atoms with Gasteiger partial charge in [0.25, 0.3) is 0 Å². The van der Waals surface area contributed by atoms with Crippen LogP contribution in [-0.4, -0.2) is 0 Å². The van der Waals surface area contributed by atoms with E-state index in [4.69, 9.17) is 0 Å². The molecule has 0 atom stereocenters. The van der Waals surface area contributed by atoms with E-state index in [9.17, 15) is 0 Å². The molecule has 16 heavy (non-hydrogen) atoms. The molecule has 0 bridgehead atoms. The third-order valence-electron chi connectivity index (χ3n) is 2.70. The molecular formula is C14H17NS. The Kier molecular flexibility index (Phi) is 3.75. The van der Waals surface area contributed by atoms with Crippen LogP contribution in [0.1, 0.15) is 21.6 Å². The molecule has 0 saturated heterocycles. The maximum atomic E-state index is 3.47. The Morgan fingerprint density at radius 2 is 1.75 bits per heavy atom. The van der Waals surface area contributed by atoms with Crippen LogP contribution in [0.4, 0.5) is 0 Å². The second-order valence-corrected chi connectivity index (χ2v) is 5.12. The molecule has 2 aromatic rings. The van der Waals surface area contributed by atoms with E-state index < -0.39 is 0 Å². The SMILES string of the molecule is Cc1ccc(CNCc2sccc2C)cc1. The lowest BCUT2D eigenvalue weighted by atomic mass is 10.1. The Balaban J connectivity index is 1.84. The lowest BCUT2D eigenvalue weighted by molar-refractivity contribution is 0.698. The van der Waals surface area contributed by atoms with Crippen LogP contribution in [0.5, 0.6) is 0 Å². The first kappa shape index (κ1) is 11.4. The normalized spacial score (nSPS) is 10.6. The summed E-state index contributed by atoms with van der Waals surface area (Å²) < 4.78 is 0. The molecule has 0 unspecified atom stereocenters. The molecule has 1 aromatic heterocycles. The molecule has 0 amide bonds. The van der Waals surface area contributed by atoms with Gasteiger partial charge in [0.1, 0.15) is 0 Å². The van der Waals surface area contributed by atoms with Gasteiger partial charge in [0.2, 0.25) is 0 Å². The van der Waals surface area contributed by atoms with Crippen LogP contribution in [0, 0.1) is 13.8 Å². The molecule has 1 nitrogen and oxygen atoms in total. The van der Waals surface area contributed by atoms with Gasteiger partial charge in [0, 0.05) is 18.0 Å². The molecular weight excluding hydrogens is 214 g/mol. The molecule has 0 aliphatic heterocycles. The largest absolute Gasteiger partial charge is 0.308 e. The Morgan fingerprint density at radius 3 is 2.38 bits per heavy atom. The number of aryl methyl sites for hydroxylation is 2. The molecule has 0 saturated carbocycles. The fourth-order valence-electron chi connectivity index (χ4n) is 1.61. The third kappa shape index (κ3) is 2.94. The number of benzene rings is 1. The van der Waals surface area contributed by atoms with E-state index in [0.717, 1.165) is 13.1 Å². The van der Waals surface area contributed by atoms with E-state index in [0.29, 0.717) is 0 Å². The first-order valence-corrected chi connectivity index (χ1v) is 6.43. The standard InChI is InChI=1S/C14H17NS/c1-11-3-5-13(6-4-11)9-15-10-14-12(2)7-8-16-14/h3-8,15H,9-10H2,1-2H3. The zero-order valence-electron chi connectivity index (χ0n) is 9.79. The van der Waals surface area contributed by atoms with Gasteiger partial charge in [0.15, 0.2) is 0 Å². The van der Waals surface area contributed by atoms with Gasteiger partial charge in [-0.25, -0.2) is 0 Å². The van der Waals surface area contributed by atoms with Crippen molar-refractivity contribution in [2.45, 2.75) is 26.9 Å². The molecule has 0 radical (unpaired) electrons. The Bertz CT molecular complexity index is 442. The number of nitrogens with one attached hydrogen (secondary N) is 1. The summed E-state index contributed by atoms with van der Waals surface area (Å²) in [5, 5.41) is 5.63. The Labute approximate surface area is 101 Å². The quantitative estimate of drug-likeness (QED) is 0.847. The highest BCUT2D eigenvalue weighted by Gasteiger charge is 1.98. The molecule has 0 aliphatic carbocycles. The predicted octanol–water partition coefficient (Wildman–Crippen LogP) is 3.65. The van der Waals surface area contributed by atoms with Gasteiger partial charge in [-0.2, -0.15) is 0 Å². The highest BCUT2D eigenvalue weighted by molar-refractivity contribution is 7.10. The van der Waals surface area contributed by atoms with Crippen molar-refractivity contribution in [2.75, 3.05) is 0 Å². The van der Waals surface area contributed by atoms with Gasteiger partial charge in [-0.15, -0.1) is 11.3 Å². The van der Waals surface area contributed by atoms with Gasteiger partial charge in [-0.05, 0) is 36.4 Å². The molecule has 2 rings (SSSR count). The van der Waals surface area contributed by atoms with Crippen molar-refractivity contribution in [1.82, 2.24) is 5.32 Å². The average molecular weight is 231 g/mol. The van der Waals surface area contributed by atoms with Crippen molar-refractivity contribution >= 4 is 11.3 Å². The molecule has 1 N–H and O–H groups in total. The zero-order chi connectivity index (χ0) is 11.4. The first-order chi connectivity index (χ1) is 7.75. The number of hydrogen-bond acceptors (Lipinski definition) is 2. The summed E-state index contributed by atoms with van der Waals surface area (Å²) in [6, 6.07) is 10.9. The molecule has 84 valence electrons. The summed E-state index contributed by atoms with van der Waals surface area (Å²) in [5.74, 6) is 0. The van der Waals surface area contributed by atoms with Crippen molar-refractivity contribution in [2.24, 2.45) is 0 Å². The lowest BCUT2D eigenvalue weighted by Gasteiger charge is -2.04. The van der Waals surface area contributed by atoms with E-state index in [-0.39, 0.29) is 0 Å². The van der Waals surface area contributed by atoms with Crippen LogP contribution in [0.3, 0.4) is 0 Å². The summed E-state index contributed by atoms with van der Waals surface area (Å²) in [4.78, 5) is 1.44. The molecule has 0 spiro atoms. The van der Waals surface area contributed by atoms with Crippen molar-refractivity contribution in [1.29, 1.82) is 0 Å². The lowest BCUT2D eigenvalue weighted by Crippen LogP contribution is -2.12. The minimum Gasteiger partial charge on any atom is -0.308 e. The maximum Gasteiger partial charge on any atom is 0.0305 e. The fraction of sp³-hybridized carbons (Fsp3) is 0.286. The van der Waals surface area contributed by atoms with Crippen molar-refractivity contribution in [3.63, 3.8) is 0 Å². The fourth-order valence-corrected chi connectivity index (χ4v) is 2.49. The molecule has 0 fully saturated rings. The van der Waals surface area contributed by atoms with Crippen molar-refractivity contribution < 1.29 is 0 Å². The number of rotatable bonds is 4. The summed E-state index contributed by atoms with van der Waals surface area (Å²) >= 11 is 1.82. The number of thiophene rings is 1. The second-order valence-electron chi connectivity index (χ2n) is 4.12. The van der Waals surface area contributed by atoms with E-state index in [1.165, 1.54) is 21.6 Å². The van der Waals surface area contributed by atoms with Crippen LogP contribution in [-0.2, 0) is 13.1 Å². The summed E-state index contributed by atoms with van der Waals surface area (Å²) in [6.45, 7) is 6.20. The van der Waals surface area contributed by atoms with Gasteiger partial charge in [-0.1, -0.05) is 29.8 Å². The topological polar surface area (TPSA) is 12.0 Å². The molecule has 1 heterocycles. The third-order valence-corrected chi connectivity index (χ3v) is 3.73. The van der Waals surface area contributed by atoms with Gasteiger partial charge in [0.05, 0.1) is 0 Å². The second kappa shape index (κ2) is 5.28. The molecule has 0 aliphatic rings. The minimum atomic E-state index is 0.942. The van der Waals surface area contributed by atoms with Crippen molar-refractivity contribution in [3.05, 3.63) is 57.3 Å². The van der Waals surface area contributed by atoms with Crippen LogP contribution in [0.25, 0.3) is 0 Å².